The van der Waals surface area contributed by atoms with Crippen LogP contribution in [0.15, 0.2) is 29.3 Å². The first-order valence-corrected chi connectivity index (χ1v) is 8.57. The summed E-state index contributed by atoms with van der Waals surface area (Å²) in [6.07, 6.45) is 4.55. The molecule has 0 bridgehead atoms. The molecule has 0 unspecified atom stereocenters. The number of benzene rings is 1. The first-order chi connectivity index (χ1) is 11.2. The number of methoxy groups -OCH3 is 1. The van der Waals surface area contributed by atoms with E-state index in [9.17, 15) is 5.11 Å². The molecule has 1 aliphatic carbocycles. The summed E-state index contributed by atoms with van der Waals surface area (Å²) in [7, 11) is 1.68. The monoisotopic (exact) mass is 319 g/mol. The van der Waals surface area contributed by atoms with Gasteiger partial charge in [-0.25, -0.2) is 0 Å². The van der Waals surface area contributed by atoms with Gasteiger partial charge in [0, 0.05) is 19.1 Å². The number of hydrogen-bond donors (Lipinski definition) is 3. The third kappa shape index (κ3) is 6.10. The number of guanidine groups is 1. The lowest BCUT2D eigenvalue weighted by atomic mass is 9.93. The zero-order valence-corrected chi connectivity index (χ0v) is 14.2. The Morgan fingerprint density at radius 2 is 1.91 bits per heavy atom. The van der Waals surface area contributed by atoms with E-state index in [1.807, 2.05) is 12.1 Å². The molecule has 0 heterocycles. The topological polar surface area (TPSA) is 65.9 Å². The highest BCUT2D eigenvalue weighted by Gasteiger charge is 2.19. The van der Waals surface area contributed by atoms with Gasteiger partial charge >= 0.3 is 0 Å². The van der Waals surface area contributed by atoms with Gasteiger partial charge in [0.15, 0.2) is 5.96 Å². The van der Waals surface area contributed by atoms with Gasteiger partial charge in [-0.3, -0.25) is 4.99 Å². The van der Waals surface area contributed by atoms with Crippen molar-refractivity contribution in [1.82, 2.24) is 10.6 Å². The maximum absolute atomic E-state index is 9.59. The van der Waals surface area contributed by atoms with Crippen molar-refractivity contribution in [3.63, 3.8) is 0 Å². The number of hydrogen-bond acceptors (Lipinski definition) is 3. The third-order valence-electron chi connectivity index (χ3n) is 4.21. The number of nitrogens with zero attached hydrogens (tertiary/aromatic N) is 1. The number of aliphatic hydroxyl groups excluding tert-OH is 1. The van der Waals surface area contributed by atoms with Crippen LogP contribution >= 0.6 is 0 Å². The molecule has 0 aromatic heterocycles. The molecule has 0 saturated heterocycles. The van der Waals surface area contributed by atoms with Crippen LogP contribution in [0.5, 0.6) is 5.75 Å². The van der Waals surface area contributed by atoms with Gasteiger partial charge in [0.05, 0.1) is 13.2 Å². The quantitative estimate of drug-likeness (QED) is 0.555. The molecule has 1 aromatic rings. The molecule has 1 aliphatic rings. The highest BCUT2D eigenvalue weighted by atomic mass is 16.5. The smallest absolute Gasteiger partial charge is 0.191 e. The van der Waals surface area contributed by atoms with Crippen LogP contribution in [0.2, 0.25) is 0 Å². The lowest BCUT2D eigenvalue weighted by Gasteiger charge is -2.27. The lowest BCUT2D eigenvalue weighted by Crippen LogP contribution is -2.45. The van der Waals surface area contributed by atoms with Crippen LogP contribution in [0.25, 0.3) is 0 Å². The van der Waals surface area contributed by atoms with Gasteiger partial charge in [0.2, 0.25) is 0 Å². The normalized spacial score (nSPS) is 21.8. The van der Waals surface area contributed by atoms with Crippen molar-refractivity contribution in [1.29, 1.82) is 0 Å². The van der Waals surface area contributed by atoms with Gasteiger partial charge in [-0.05, 0) is 56.7 Å². The van der Waals surface area contributed by atoms with Crippen molar-refractivity contribution in [2.45, 2.75) is 51.2 Å². The van der Waals surface area contributed by atoms with Crippen molar-refractivity contribution in [3.05, 3.63) is 29.8 Å². The lowest BCUT2D eigenvalue weighted by molar-refractivity contribution is 0.120. The van der Waals surface area contributed by atoms with E-state index in [0.29, 0.717) is 6.04 Å². The summed E-state index contributed by atoms with van der Waals surface area (Å²) >= 11 is 0. The number of rotatable bonds is 6. The summed E-state index contributed by atoms with van der Waals surface area (Å²) in [5.41, 5.74) is 1.26. The van der Waals surface area contributed by atoms with Crippen LogP contribution in [0.4, 0.5) is 0 Å². The predicted octanol–water partition coefficient (Wildman–Crippen LogP) is 2.10. The molecule has 0 amide bonds. The van der Waals surface area contributed by atoms with Crippen molar-refractivity contribution in [3.8, 4) is 5.75 Å². The van der Waals surface area contributed by atoms with Gasteiger partial charge < -0.3 is 20.5 Å². The zero-order valence-electron chi connectivity index (χ0n) is 14.2. The van der Waals surface area contributed by atoms with E-state index < -0.39 is 0 Å². The summed E-state index contributed by atoms with van der Waals surface area (Å²) in [4.78, 5) is 4.67. The fraction of sp³-hybridized carbons (Fsp3) is 0.611. The van der Waals surface area contributed by atoms with Gasteiger partial charge in [0.25, 0.3) is 0 Å². The standard InChI is InChI=1S/C18H29N3O2/c1-3-19-18(21-15-6-8-16(22)9-7-15)20-13-12-14-4-10-17(23-2)11-5-14/h4-5,10-11,15-16,22H,3,6-9,12-13H2,1-2H3,(H2,19,20,21). The number of ether oxygens (including phenoxy) is 1. The molecular weight excluding hydrogens is 290 g/mol. The minimum Gasteiger partial charge on any atom is -0.497 e. The van der Waals surface area contributed by atoms with E-state index in [0.717, 1.165) is 56.9 Å². The fourth-order valence-electron chi connectivity index (χ4n) is 2.82. The molecule has 2 rings (SSSR count). The Morgan fingerprint density at radius 3 is 2.52 bits per heavy atom. The van der Waals surface area contributed by atoms with Gasteiger partial charge in [-0.1, -0.05) is 12.1 Å². The van der Waals surface area contributed by atoms with Crippen molar-refractivity contribution in [2.75, 3.05) is 20.2 Å². The van der Waals surface area contributed by atoms with Gasteiger partial charge in [-0.2, -0.15) is 0 Å². The average Bonchev–Trinajstić information content (AvgIpc) is 2.58. The molecule has 3 N–H and O–H groups in total. The maximum atomic E-state index is 9.59. The Kier molecular flexibility index (Phi) is 7.20. The second-order valence-corrected chi connectivity index (χ2v) is 6.01. The molecule has 0 radical (unpaired) electrons. The average molecular weight is 319 g/mol. The first-order valence-electron chi connectivity index (χ1n) is 8.57. The molecule has 0 aliphatic heterocycles. The zero-order chi connectivity index (χ0) is 16.5. The van der Waals surface area contributed by atoms with Gasteiger partial charge in [-0.15, -0.1) is 0 Å². The minimum absolute atomic E-state index is 0.123. The molecule has 1 fully saturated rings. The SMILES string of the molecule is CCNC(=NCCc1ccc(OC)cc1)NC1CCC(O)CC1. The Hall–Kier alpha value is -1.75. The molecule has 0 spiro atoms. The van der Waals surface area contributed by atoms with Crippen LogP contribution < -0.4 is 15.4 Å². The fourth-order valence-corrected chi connectivity index (χ4v) is 2.82. The summed E-state index contributed by atoms with van der Waals surface area (Å²) in [6.45, 7) is 3.67. The Labute approximate surface area is 139 Å². The Balaban J connectivity index is 1.82. The van der Waals surface area contributed by atoms with Crippen LogP contribution in [-0.2, 0) is 6.42 Å². The van der Waals surface area contributed by atoms with E-state index in [1.54, 1.807) is 7.11 Å². The Morgan fingerprint density at radius 1 is 1.22 bits per heavy atom. The van der Waals surface area contributed by atoms with E-state index in [4.69, 9.17) is 4.74 Å². The molecule has 128 valence electrons. The maximum Gasteiger partial charge on any atom is 0.191 e. The van der Waals surface area contributed by atoms with Crippen LogP contribution in [0.3, 0.4) is 0 Å². The number of aliphatic imine (C=N–C) groups is 1. The number of nitrogens with one attached hydrogen (secondary N) is 2. The summed E-state index contributed by atoms with van der Waals surface area (Å²) in [6, 6.07) is 8.54. The second-order valence-electron chi connectivity index (χ2n) is 6.01. The second kappa shape index (κ2) is 9.40. The number of aliphatic hydroxyl groups is 1. The highest BCUT2D eigenvalue weighted by molar-refractivity contribution is 5.80. The molecule has 1 aromatic carbocycles. The third-order valence-corrected chi connectivity index (χ3v) is 4.21. The summed E-state index contributed by atoms with van der Waals surface area (Å²) < 4.78 is 5.17. The molecular formula is C18H29N3O2. The summed E-state index contributed by atoms with van der Waals surface area (Å²) in [5.74, 6) is 1.76. The molecule has 1 saturated carbocycles. The largest absolute Gasteiger partial charge is 0.497 e. The van der Waals surface area contributed by atoms with E-state index in [-0.39, 0.29) is 6.10 Å². The van der Waals surface area contributed by atoms with Gasteiger partial charge in [0.1, 0.15) is 5.75 Å². The minimum atomic E-state index is -0.123. The molecule has 0 atom stereocenters. The molecule has 23 heavy (non-hydrogen) atoms. The van der Waals surface area contributed by atoms with E-state index >= 15 is 0 Å². The van der Waals surface area contributed by atoms with Crippen LogP contribution in [0.1, 0.15) is 38.2 Å². The van der Waals surface area contributed by atoms with Crippen molar-refractivity contribution >= 4 is 5.96 Å². The van der Waals surface area contributed by atoms with E-state index in [2.05, 4.69) is 34.7 Å². The predicted molar refractivity (Wildman–Crippen MR) is 94.1 cm³/mol. The highest BCUT2D eigenvalue weighted by Crippen LogP contribution is 2.18. The Bertz CT molecular complexity index is 480. The van der Waals surface area contributed by atoms with Crippen molar-refractivity contribution < 1.29 is 9.84 Å². The summed E-state index contributed by atoms with van der Waals surface area (Å²) in [5, 5.41) is 16.4. The van der Waals surface area contributed by atoms with Crippen LogP contribution in [-0.4, -0.2) is 43.4 Å². The molecule has 5 nitrogen and oxygen atoms in total. The van der Waals surface area contributed by atoms with E-state index in [1.165, 1.54) is 5.56 Å². The van der Waals surface area contributed by atoms with Crippen LogP contribution in [0, 0.1) is 0 Å². The van der Waals surface area contributed by atoms with Crippen molar-refractivity contribution in [2.24, 2.45) is 4.99 Å². The molecule has 5 heteroatoms. The first kappa shape index (κ1) is 17.6.